The first-order valence-electron chi connectivity index (χ1n) is 7.07. The molecule has 2 aromatic carbocycles. The Bertz CT molecular complexity index is 976. The lowest BCUT2D eigenvalue weighted by atomic mass is 10.1. The van der Waals surface area contributed by atoms with E-state index in [1.54, 1.807) is 29.0 Å². The van der Waals surface area contributed by atoms with Gasteiger partial charge in [0.1, 0.15) is 5.82 Å². The highest BCUT2D eigenvalue weighted by Gasteiger charge is 2.11. The summed E-state index contributed by atoms with van der Waals surface area (Å²) < 4.78 is 15.9. The van der Waals surface area contributed by atoms with E-state index < -0.39 is 0 Å². The van der Waals surface area contributed by atoms with Gasteiger partial charge in [0.15, 0.2) is 5.65 Å². The lowest BCUT2D eigenvalue weighted by Crippen LogP contribution is -1.95. The molecule has 112 valence electrons. The summed E-state index contributed by atoms with van der Waals surface area (Å²) in [6.07, 6.45) is 3.55. The Kier molecular flexibility index (Phi) is 3.42. The molecule has 0 radical (unpaired) electrons. The Hall–Kier alpha value is -2.53. The number of benzene rings is 2. The smallest absolute Gasteiger partial charge is 0.163 e. The van der Waals surface area contributed by atoms with Crippen LogP contribution < -0.4 is 0 Å². The summed E-state index contributed by atoms with van der Waals surface area (Å²) in [4.78, 5) is 4.46. The topological polar surface area (TPSA) is 30.2 Å². The number of rotatable bonds is 2. The molecule has 0 N–H and O–H groups in total. The molecular formula is C18H11BrFN3. The third kappa shape index (κ3) is 2.53. The van der Waals surface area contributed by atoms with Crippen LogP contribution in [-0.4, -0.2) is 14.6 Å². The zero-order valence-electron chi connectivity index (χ0n) is 11.9. The molecular weight excluding hydrogens is 357 g/mol. The van der Waals surface area contributed by atoms with E-state index in [0.29, 0.717) is 0 Å². The van der Waals surface area contributed by atoms with Crippen LogP contribution in [0.15, 0.2) is 71.5 Å². The molecule has 2 aromatic heterocycles. The minimum Gasteiger partial charge on any atom is -0.236 e. The van der Waals surface area contributed by atoms with Gasteiger partial charge < -0.3 is 0 Å². The standard InChI is InChI=1S/C18H11BrFN3/c19-14-5-1-12(2-6-14)16-11-22-23-17(9-10-21-18(16)23)13-3-7-15(20)8-4-13/h1-11H. The van der Waals surface area contributed by atoms with E-state index in [1.807, 2.05) is 30.3 Å². The molecule has 4 aromatic rings. The fourth-order valence-electron chi connectivity index (χ4n) is 2.56. The summed E-state index contributed by atoms with van der Waals surface area (Å²) in [6.45, 7) is 0. The average molecular weight is 368 g/mol. The van der Waals surface area contributed by atoms with Crippen molar-refractivity contribution in [1.29, 1.82) is 0 Å². The van der Waals surface area contributed by atoms with E-state index in [9.17, 15) is 4.39 Å². The van der Waals surface area contributed by atoms with Crippen molar-refractivity contribution in [2.45, 2.75) is 0 Å². The number of aromatic nitrogens is 3. The van der Waals surface area contributed by atoms with Crippen LogP contribution in [-0.2, 0) is 0 Å². The molecule has 0 aliphatic rings. The van der Waals surface area contributed by atoms with E-state index in [1.165, 1.54) is 12.1 Å². The summed E-state index contributed by atoms with van der Waals surface area (Å²) >= 11 is 3.44. The Morgan fingerprint density at radius 2 is 1.57 bits per heavy atom. The lowest BCUT2D eigenvalue weighted by Gasteiger charge is -2.05. The van der Waals surface area contributed by atoms with Crippen molar-refractivity contribution in [2.75, 3.05) is 0 Å². The van der Waals surface area contributed by atoms with Crippen molar-refractivity contribution in [1.82, 2.24) is 14.6 Å². The quantitative estimate of drug-likeness (QED) is 0.500. The third-order valence-electron chi connectivity index (χ3n) is 3.70. The Morgan fingerprint density at radius 1 is 0.870 bits per heavy atom. The zero-order chi connectivity index (χ0) is 15.8. The molecule has 0 amide bonds. The van der Waals surface area contributed by atoms with Gasteiger partial charge in [0.2, 0.25) is 0 Å². The second kappa shape index (κ2) is 5.59. The van der Waals surface area contributed by atoms with Crippen LogP contribution in [0.4, 0.5) is 4.39 Å². The largest absolute Gasteiger partial charge is 0.236 e. The van der Waals surface area contributed by atoms with E-state index in [4.69, 9.17) is 0 Å². The van der Waals surface area contributed by atoms with Crippen molar-refractivity contribution in [3.63, 3.8) is 0 Å². The SMILES string of the molecule is Fc1ccc(-c2ccnc3c(-c4ccc(Br)cc4)cnn23)cc1. The van der Waals surface area contributed by atoms with Gasteiger partial charge in [-0.2, -0.15) is 5.10 Å². The average Bonchev–Trinajstić information content (AvgIpc) is 3.00. The molecule has 0 unspecified atom stereocenters. The Morgan fingerprint density at radius 3 is 2.30 bits per heavy atom. The molecule has 3 nitrogen and oxygen atoms in total. The van der Waals surface area contributed by atoms with Gasteiger partial charge in [-0.15, -0.1) is 0 Å². The maximum atomic E-state index is 13.1. The lowest BCUT2D eigenvalue weighted by molar-refractivity contribution is 0.628. The van der Waals surface area contributed by atoms with E-state index in [0.717, 1.165) is 32.5 Å². The minimum absolute atomic E-state index is 0.255. The van der Waals surface area contributed by atoms with Gasteiger partial charge in [0.05, 0.1) is 11.9 Å². The molecule has 4 rings (SSSR count). The number of hydrogen-bond acceptors (Lipinski definition) is 2. The molecule has 0 spiro atoms. The predicted octanol–water partition coefficient (Wildman–Crippen LogP) is 4.96. The first-order chi connectivity index (χ1) is 11.2. The molecule has 0 saturated carbocycles. The number of halogens is 2. The molecule has 23 heavy (non-hydrogen) atoms. The van der Waals surface area contributed by atoms with E-state index in [2.05, 4.69) is 26.0 Å². The fourth-order valence-corrected chi connectivity index (χ4v) is 2.83. The first-order valence-corrected chi connectivity index (χ1v) is 7.86. The van der Waals surface area contributed by atoms with Crippen LogP contribution in [0, 0.1) is 5.82 Å². The fraction of sp³-hybridized carbons (Fsp3) is 0. The molecule has 0 bridgehead atoms. The Balaban J connectivity index is 1.89. The van der Waals surface area contributed by atoms with Crippen LogP contribution in [0.2, 0.25) is 0 Å². The summed E-state index contributed by atoms with van der Waals surface area (Å²) in [6, 6.07) is 16.3. The molecule has 0 aliphatic heterocycles. The summed E-state index contributed by atoms with van der Waals surface area (Å²) in [5.74, 6) is -0.255. The molecule has 0 saturated heterocycles. The zero-order valence-corrected chi connectivity index (χ0v) is 13.5. The second-order valence-electron chi connectivity index (χ2n) is 5.14. The summed E-state index contributed by atoms with van der Waals surface area (Å²) in [7, 11) is 0. The van der Waals surface area contributed by atoms with Crippen molar-refractivity contribution >= 4 is 21.6 Å². The van der Waals surface area contributed by atoms with Gasteiger partial charge >= 0.3 is 0 Å². The van der Waals surface area contributed by atoms with Crippen molar-refractivity contribution in [3.8, 4) is 22.4 Å². The van der Waals surface area contributed by atoms with Gasteiger partial charge in [-0.05, 0) is 48.0 Å². The van der Waals surface area contributed by atoms with Gasteiger partial charge in [-0.25, -0.2) is 13.9 Å². The normalized spacial score (nSPS) is 11.0. The van der Waals surface area contributed by atoms with Gasteiger partial charge in [0.25, 0.3) is 0 Å². The van der Waals surface area contributed by atoms with Crippen LogP contribution in [0.5, 0.6) is 0 Å². The van der Waals surface area contributed by atoms with Crippen LogP contribution >= 0.6 is 15.9 Å². The highest BCUT2D eigenvalue weighted by atomic mass is 79.9. The van der Waals surface area contributed by atoms with Crippen molar-refractivity contribution in [2.24, 2.45) is 0 Å². The Labute approximate surface area is 140 Å². The predicted molar refractivity (Wildman–Crippen MR) is 91.5 cm³/mol. The third-order valence-corrected chi connectivity index (χ3v) is 4.23. The molecule has 5 heteroatoms. The van der Waals surface area contributed by atoms with E-state index >= 15 is 0 Å². The molecule has 2 heterocycles. The highest BCUT2D eigenvalue weighted by molar-refractivity contribution is 9.10. The highest BCUT2D eigenvalue weighted by Crippen LogP contribution is 2.28. The molecule has 0 fully saturated rings. The van der Waals surface area contributed by atoms with Gasteiger partial charge in [-0.1, -0.05) is 28.1 Å². The number of nitrogens with zero attached hydrogens (tertiary/aromatic N) is 3. The summed E-state index contributed by atoms with van der Waals surface area (Å²) in [5, 5.41) is 4.46. The van der Waals surface area contributed by atoms with Crippen LogP contribution in [0.3, 0.4) is 0 Å². The maximum absolute atomic E-state index is 13.1. The van der Waals surface area contributed by atoms with Crippen molar-refractivity contribution in [3.05, 3.63) is 77.3 Å². The molecule has 0 atom stereocenters. The van der Waals surface area contributed by atoms with Crippen LogP contribution in [0.25, 0.3) is 28.0 Å². The number of hydrogen-bond donors (Lipinski definition) is 0. The first kappa shape index (κ1) is 14.1. The monoisotopic (exact) mass is 367 g/mol. The van der Waals surface area contributed by atoms with Crippen LogP contribution in [0.1, 0.15) is 0 Å². The van der Waals surface area contributed by atoms with Crippen molar-refractivity contribution < 1.29 is 4.39 Å². The van der Waals surface area contributed by atoms with E-state index in [-0.39, 0.29) is 5.82 Å². The van der Waals surface area contributed by atoms with Gasteiger partial charge in [0, 0.05) is 21.8 Å². The number of fused-ring (bicyclic) bond motifs is 1. The maximum Gasteiger partial charge on any atom is 0.163 e. The summed E-state index contributed by atoms with van der Waals surface area (Å²) in [5.41, 5.74) is 4.55. The second-order valence-corrected chi connectivity index (χ2v) is 6.05. The minimum atomic E-state index is -0.255. The molecule has 0 aliphatic carbocycles. The van der Waals surface area contributed by atoms with Gasteiger partial charge in [-0.3, -0.25) is 0 Å².